The lowest BCUT2D eigenvalue weighted by atomic mass is 10.1. The highest BCUT2D eigenvalue weighted by atomic mass is 14.3. The molecule has 0 spiro atoms. The second-order valence-corrected chi connectivity index (χ2v) is 2.13. The summed E-state index contributed by atoms with van der Waals surface area (Å²) in [5, 5.41) is 42.2. The maximum atomic E-state index is 8.59. The first-order valence-electron chi connectivity index (χ1n) is 3.52. The lowest BCUT2D eigenvalue weighted by Gasteiger charge is -1.88. The Bertz CT molecular complexity index is 514. The average molecular weight is 192 g/mol. The molecule has 0 aromatic rings. The van der Waals surface area contributed by atoms with Crippen molar-refractivity contribution in [3.05, 3.63) is 34.3 Å². The molecule has 0 heterocycles. The van der Waals surface area contributed by atoms with Gasteiger partial charge in [0, 0.05) is 0 Å². The maximum Gasteiger partial charge on any atom is 0.130 e. The fourth-order valence-electron chi connectivity index (χ4n) is 0.596. The van der Waals surface area contributed by atoms with E-state index in [1.165, 1.54) is 0 Å². The fourth-order valence-corrected chi connectivity index (χ4v) is 0.596. The highest BCUT2D eigenvalue weighted by Crippen LogP contribution is 2.03. The van der Waals surface area contributed by atoms with Gasteiger partial charge in [-0.3, -0.25) is 5.87 Å². The van der Waals surface area contributed by atoms with E-state index in [1.807, 2.05) is 0 Å². The van der Waals surface area contributed by atoms with Crippen LogP contribution in [0.3, 0.4) is 0 Å². The van der Waals surface area contributed by atoms with Gasteiger partial charge in [0.2, 0.25) is 0 Å². The van der Waals surface area contributed by atoms with Gasteiger partial charge in [0.15, 0.2) is 0 Å². The van der Waals surface area contributed by atoms with E-state index in [1.54, 1.807) is 30.1 Å². The molecule has 5 nitrogen and oxygen atoms in total. The molecule has 0 aromatic heterocycles. The van der Waals surface area contributed by atoms with E-state index in [4.69, 9.17) is 26.5 Å². The summed E-state index contributed by atoms with van der Waals surface area (Å²) >= 11 is 0. The van der Waals surface area contributed by atoms with Crippen molar-refractivity contribution in [2.45, 2.75) is 0 Å². The minimum absolute atomic E-state index is 0.0915. The molecule has 68 valence electrons. The van der Waals surface area contributed by atoms with Crippen LogP contribution in [0.1, 0.15) is 0 Å². The van der Waals surface area contributed by atoms with Crippen LogP contribution in [-0.4, -0.2) is 5.87 Å². The maximum absolute atomic E-state index is 8.59. The highest BCUT2D eigenvalue weighted by molar-refractivity contribution is 5.71. The van der Waals surface area contributed by atoms with E-state index < -0.39 is 0 Å². The Morgan fingerprint density at radius 3 is 1.80 bits per heavy atom. The van der Waals surface area contributed by atoms with Gasteiger partial charge in [0.1, 0.15) is 23.8 Å². The molecule has 0 saturated carbocycles. The Kier molecular flexibility index (Phi) is 5.08. The van der Waals surface area contributed by atoms with E-state index in [9.17, 15) is 0 Å². The first-order valence-corrected chi connectivity index (χ1v) is 3.52. The number of hydrogen-bond donors (Lipinski definition) is 0. The lowest BCUT2D eigenvalue weighted by Crippen LogP contribution is -1.80. The van der Waals surface area contributed by atoms with Gasteiger partial charge in [0.05, 0.1) is 17.2 Å². The quantitative estimate of drug-likeness (QED) is 0.369. The fraction of sp³-hybridized carbons (Fsp3) is 0. The smallest absolute Gasteiger partial charge is 0.130 e. The van der Waals surface area contributed by atoms with Crippen LogP contribution in [0.25, 0.3) is 5.41 Å². The molecule has 0 aliphatic carbocycles. The number of nitrogens with zero attached hydrogens (tertiary/aromatic N) is 5. The highest BCUT2D eigenvalue weighted by Gasteiger charge is 1.97. The molecule has 0 fully saturated rings. The number of hydrogen-bond acceptors (Lipinski definition) is 4. The van der Waals surface area contributed by atoms with Gasteiger partial charge in [-0.15, -0.1) is 0 Å². The molecule has 15 heavy (non-hydrogen) atoms. The van der Waals surface area contributed by atoms with Gasteiger partial charge in [0.25, 0.3) is 0 Å². The Morgan fingerprint density at radius 1 is 0.867 bits per heavy atom. The Hall–Kier alpha value is -3.11. The molecule has 0 aliphatic heterocycles. The first-order chi connectivity index (χ1) is 7.21. The largest absolute Gasteiger partial charge is 0.762 e. The van der Waals surface area contributed by atoms with Crippen LogP contribution in [0.4, 0.5) is 0 Å². The minimum atomic E-state index is -0.266. The second-order valence-electron chi connectivity index (χ2n) is 2.13. The van der Waals surface area contributed by atoms with Crippen LogP contribution in [0, 0.1) is 45.3 Å². The van der Waals surface area contributed by atoms with Crippen molar-refractivity contribution >= 4 is 5.87 Å². The summed E-state index contributed by atoms with van der Waals surface area (Å²) in [6, 6.07) is 6.34. The van der Waals surface area contributed by atoms with Crippen molar-refractivity contribution in [1.29, 1.82) is 21.0 Å². The third-order valence-electron chi connectivity index (χ3n) is 1.21. The third-order valence-corrected chi connectivity index (χ3v) is 1.21. The van der Waals surface area contributed by atoms with E-state index in [0.717, 1.165) is 12.2 Å². The third kappa shape index (κ3) is 3.88. The van der Waals surface area contributed by atoms with Crippen molar-refractivity contribution in [2.24, 2.45) is 0 Å². The van der Waals surface area contributed by atoms with E-state index in [2.05, 4.69) is 0 Å². The van der Waals surface area contributed by atoms with Crippen molar-refractivity contribution in [3.63, 3.8) is 0 Å². The normalized spacial score (nSPS) is 8.13. The molecular formula is C10H2N5-. The van der Waals surface area contributed by atoms with Crippen molar-refractivity contribution in [1.82, 2.24) is 0 Å². The van der Waals surface area contributed by atoms with Crippen LogP contribution in [0.2, 0.25) is 0 Å². The van der Waals surface area contributed by atoms with Gasteiger partial charge in [-0.05, 0) is 12.2 Å². The summed E-state index contributed by atoms with van der Waals surface area (Å²) in [6.45, 7) is 0. The Labute approximate surface area is 86.2 Å². The van der Waals surface area contributed by atoms with Crippen molar-refractivity contribution in [2.75, 3.05) is 0 Å². The second kappa shape index (κ2) is 6.41. The first kappa shape index (κ1) is 11.9. The standard InChI is InChI=1S/C10H2N5/c11-3-8(1-9(4-12)5-13)2-10(6-14)7-15/h1-2H/q-1. The van der Waals surface area contributed by atoms with Crippen LogP contribution < -0.4 is 0 Å². The molecular weight excluding hydrogens is 190 g/mol. The lowest BCUT2D eigenvalue weighted by molar-refractivity contribution is 1.44. The molecule has 0 amide bonds. The summed E-state index contributed by atoms with van der Waals surface area (Å²) < 4.78 is 0. The molecule has 0 bridgehead atoms. The number of rotatable bonds is 2. The molecule has 0 saturated heterocycles. The predicted octanol–water partition coefficient (Wildman–Crippen LogP) is 1.10. The predicted molar refractivity (Wildman–Crippen MR) is 50.5 cm³/mol. The molecule has 0 aromatic carbocycles. The zero-order valence-electron chi connectivity index (χ0n) is 7.39. The Morgan fingerprint density at radius 2 is 1.47 bits per heavy atom. The average Bonchev–Trinajstić information content (AvgIpc) is 2.30. The van der Waals surface area contributed by atoms with Crippen molar-refractivity contribution < 1.29 is 0 Å². The molecule has 0 unspecified atom stereocenters. The SMILES string of the molecule is N#CC(=C=[N-])C=C(C#N)C=C(C#N)C#N. The molecule has 0 N–H and O–H groups in total. The zero-order chi connectivity index (χ0) is 11.7. The summed E-state index contributed by atoms with van der Waals surface area (Å²) in [5.41, 5.74) is -0.623. The van der Waals surface area contributed by atoms with Crippen molar-refractivity contribution in [3.8, 4) is 24.3 Å². The number of allylic oxidation sites excluding steroid dienone is 5. The van der Waals surface area contributed by atoms with E-state index >= 15 is 0 Å². The van der Waals surface area contributed by atoms with Crippen LogP contribution in [0.5, 0.6) is 0 Å². The summed E-state index contributed by atoms with van der Waals surface area (Å²) in [7, 11) is 0. The topological polar surface area (TPSA) is 117 Å². The molecule has 5 heteroatoms. The number of nitriles is 4. The minimum Gasteiger partial charge on any atom is -0.762 e. The van der Waals surface area contributed by atoms with Crippen LogP contribution in [0.15, 0.2) is 28.9 Å². The monoisotopic (exact) mass is 192 g/mol. The molecule has 0 atom stereocenters. The molecule has 0 aliphatic rings. The van der Waals surface area contributed by atoms with Crippen LogP contribution in [-0.2, 0) is 0 Å². The summed E-state index contributed by atoms with van der Waals surface area (Å²) in [5.74, 6) is 1.56. The zero-order valence-corrected chi connectivity index (χ0v) is 7.39. The van der Waals surface area contributed by atoms with E-state index in [-0.39, 0.29) is 16.7 Å². The van der Waals surface area contributed by atoms with Gasteiger partial charge < -0.3 is 5.41 Å². The summed E-state index contributed by atoms with van der Waals surface area (Å²) in [4.78, 5) is 0. The van der Waals surface area contributed by atoms with Gasteiger partial charge in [-0.25, -0.2) is 0 Å². The van der Waals surface area contributed by atoms with Gasteiger partial charge in [-0.1, -0.05) is 0 Å². The van der Waals surface area contributed by atoms with E-state index in [0.29, 0.717) is 0 Å². The van der Waals surface area contributed by atoms with Gasteiger partial charge >= 0.3 is 0 Å². The summed E-state index contributed by atoms with van der Waals surface area (Å²) in [6.07, 6.45) is 2.02. The van der Waals surface area contributed by atoms with Gasteiger partial charge in [-0.2, -0.15) is 21.0 Å². The molecule has 0 radical (unpaired) electrons. The molecule has 0 rings (SSSR count). The Balaban J connectivity index is 5.37. The van der Waals surface area contributed by atoms with Crippen LogP contribution >= 0.6 is 0 Å².